The molecule has 16 heavy (non-hydrogen) atoms. The maximum absolute atomic E-state index is 11.6. The average molecular weight is 226 g/mol. The topological polar surface area (TPSA) is 58.6 Å². The summed E-state index contributed by atoms with van der Waals surface area (Å²) in [7, 11) is 3.41. The van der Waals surface area contributed by atoms with Gasteiger partial charge in [0.15, 0.2) is 0 Å². The molecule has 2 atom stereocenters. The Bertz CT molecular complexity index is 289. The molecule has 0 saturated carbocycles. The van der Waals surface area contributed by atoms with Gasteiger partial charge in [-0.25, -0.2) is 0 Å². The summed E-state index contributed by atoms with van der Waals surface area (Å²) in [5.41, 5.74) is 0. The van der Waals surface area contributed by atoms with E-state index in [4.69, 9.17) is 4.74 Å². The molecule has 0 aliphatic carbocycles. The van der Waals surface area contributed by atoms with Gasteiger partial charge in [0.25, 0.3) is 5.91 Å². The lowest BCUT2D eigenvalue weighted by molar-refractivity contribution is -0.140. The third-order valence-corrected chi connectivity index (χ3v) is 2.51. The van der Waals surface area contributed by atoms with Crippen molar-refractivity contribution < 1.29 is 14.3 Å². The van der Waals surface area contributed by atoms with Crippen molar-refractivity contribution in [1.29, 1.82) is 0 Å². The number of nitrogens with one attached hydrogen (secondary N) is 1. The molecule has 1 aliphatic rings. The minimum absolute atomic E-state index is 0.0162. The van der Waals surface area contributed by atoms with Crippen LogP contribution in [0.25, 0.3) is 0 Å². The van der Waals surface area contributed by atoms with Crippen molar-refractivity contribution in [3.8, 4) is 0 Å². The Morgan fingerprint density at radius 1 is 1.50 bits per heavy atom. The van der Waals surface area contributed by atoms with E-state index in [-0.39, 0.29) is 24.0 Å². The summed E-state index contributed by atoms with van der Waals surface area (Å²) in [6.07, 6.45) is 2.29. The summed E-state index contributed by atoms with van der Waals surface area (Å²) in [6, 6.07) is 0. The van der Waals surface area contributed by atoms with Crippen molar-refractivity contribution in [2.45, 2.75) is 25.0 Å². The van der Waals surface area contributed by atoms with Crippen molar-refractivity contribution in [2.24, 2.45) is 0 Å². The largest absolute Gasteiger partial charge is 0.363 e. The zero-order chi connectivity index (χ0) is 12.1. The molecule has 1 rings (SSSR count). The van der Waals surface area contributed by atoms with Crippen LogP contribution < -0.4 is 5.32 Å². The number of likely N-dealkylation sites (N-methyl/N-ethyl adjacent to an activating group) is 1. The van der Waals surface area contributed by atoms with E-state index in [1.54, 1.807) is 14.1 Å². The lowest BCUT2D eigenvalue weighted by atomic mass is 10.2. The van der Waals surface area contributed by atoms with Gasteiger partial charge in [0, 0.05) is 20.6 Å². The Kier molecular flexibility index (Phi) is 4.49. The molecule has 0 spiro atoms. The summed E-state index contributed by atoms with van der Waals surface area (Å²) in [4.78, 5) is 24.0. The SMILES string of the molecule is C=CC(=O)NC[C@@H]1CC[C@H](C(=O)N(C)C)O1. The molecule has 1 saturated heterocycles. The van der Waals surface area contributed by atoms with Gasteiger partial charge >= 0.3 is 0 Å². The maximum Gasteiger partial charge on any atom is 0.251 e. The Morgan fingerprint density at radius 2 is 2.19 bits per heavy atom. The van der Waals surface area contributed by atoms with E-state index in [1.165, 1.54) is 11.0 Å². The first kappa shape index (κ1) is 12.7. The van der Waals surface area contributed by atoms with Crippen LogP contribution in [0.3, 0.4) is 0 Å². The van der Waals surface area contributed by atoms with Gasteiger partial charge < -0.3 is 15.0 Å². The van der Waals surface area contributed by atoms with Crippen molar-refractivity contribution in [3.05, 3.63) is 12.7 Å². The van der Waals surface area contributed by atoms with Crippen LogP contribution in [0.2, 0.25) is 0 Å². The average Bonchev–Trinajstić information content (AvgIpc) is 2.73. The Morgan fingerprint density at radius 3 is 2.75 bits per heavy atom. The number of ether oxygens (including phenoxy) is 1. The first-order valence-corrected chi connectivity index (χ1v) is 5.31. The zero-order valence-corrected chi connectivity index (χ0v) is 9.73. The molecule has 0 aromatic heterocycles. The van der Waals surface area contributed by atoms with Crippen LogP contribution >= 0.6 is 0 Å². The molecule has 5 heteroatoms. The first-order chi connectivity index (χ1) is 7.54. The zero-order valence-electron chi connectivity index (χ0n) is 9.73. The summed E-state index contributed by atoms with van der Waals surface area (Å²) < 4.78 is 5.54. The van der Waals surface area contributed by atoms with Crippen molar-refractivity contribution >= 4 is 11.8 Å². The Hall–Kier alpha value is -1.36. The molecule has 0 aromatic carbocycles. The standard InChI is InChI=1S/C11H18N2O3/c1-4-10(14)12-7-8-5-6-9(16-8)11(15)13(2)3/h4,8-9H,1,5-7H2,2-3H3,(H,12,14)/t8-,9+/m0/s1. The van der Waals surface area contributed by atoms with E-state index in [0.717, 1.165) is 6.42 Å². The fourth-order valence-electron chi connectivity index (χ4n) is 1.61. The molecule has 0 aromatic rings. The van der Waals surface area contributed by atoms with E-state index in [9.17, 15) is 9.59 Å². The summed E-state index contributed by atoms with van der Waals surface area (Å²) in [5, 5.41) is 2.66. The third-order valence-electron chi connectivity index (χ3n) is 2.51. The van der Waals surface area contributed by atoms with Crippen LogP contribution in [0, 0.1) is 0 Å². The highest BCUT2D eigenvalue weighted by Gasteiger charge is 2.31. The smallest absolute Gasteiger partial charge is 0.251 e. The van der Waals surface area contributed by atoms with Gasteiger partial charge in [-0.05, 0) is 18.9 Å². The van der Waals surface area contributed by atoms with E-state index in [2.05, 4.69) is 11.9 Å². The Labute approximate surface area is 95.4 Å². The minimum Gasteiger partial charge on any atom is -0.363 e. The van der Waals surface area contributed by atoms with Crippen LogP contribution in [-0.4, -0.2) is 49.6 Å². The predicted molar refractivity (Wildman–Crippen MR) is 59.8 cm³/mol. The molecule has 1 N–H and O–H groups in total. The van der Waals surface area contributed by atoms with Crippen LogP contribution in [0.15, 0.2) is 12.7 Å². The van der Waals surface area contributed by atoms with Crippen molar-refractivity contribution in [3.63, 3.8) is 0 Å². The van der Waals surface area contributed by atoms with Crippen LogP contribution in [0.1, 0.15) is 12.8 Å². The number of carbonyl (C=O) groups excluding carboxylic acids is 2. The van der Waals surface area contributed by atoms with E-state index >= 15 is 0 Å². The second-order valence-electron chi connectivity index (χ2n) is 4.01. The molecule has 1 fully saturated rings. The van der Waals surface area contributed by atoms with E-state index in [1.807, 2.05) is 0 Å². The predicted octanol–water partition coefficient (Wildman–Crippen LogP) is -0.0756. The number of rotatable bonds is 4. The van der Waals surface area contributed by atoms with Crippen LogP contribution in [-0.2, 0) is 14.3 Å². The lowest BCUT2D eigenvalue weighted by Crippen LogP contribution is -2.36. The van der Waals surface area contributed by atoms with Gasteiger partial charge in [-0.2, -0.15) is 0 Å². The minimum atomic E-state index is -0.361. The lowest BCUT2D eigenvalue weighted by Gasteiger charge is -2.17. The molecule has 0 unspecified atom stereocenters. The highest BCUT2D eigenvalue weighted by atomic mass is 16.5. The van der Waals surface area contributed by atoms with Crippen LogP contribution in [0.5, 0.6) is 0 Å². The highest BCUT2D eigenvalue weighted by Crippen LogP contribution is 2.20. The molecule has 0 radical (unpaired) electrons. The van der Waals surface area contributed by atoms with Gasteiger partial charge in [0.05, 0.1) is 6.10 Å². The highest BCUT2D eigenvalue weighted by molar-refractivity contribution is 5.86. The van der Waals surface area contributed by atoms with E-state index in [0.29, 0.717) is 13.0 Å². The Balaban J connectivity index is 2.32. The van der Waals surface area contributed by atoms with Gasteiger partial charge in [0.2, 0.25) is 5.91 Å². The summed E-state index contributed by atoms with van der Waals surface area (Å²) in [6.45, 7) is 3.79. The third kappa shape index (κ3) is 3.34. The molecule has 90 valence electrons. The van der Waals surface area contributed by atoms with Crippen molar-refractivity contribution in [1.82, 2.24) is 10.2 Å². The number of hydrogen-bond acceptors (Lipinski definition) is 3. The molecule has 2 amide bonds. The van der Waals surface area contributed by atoms with Gasteiger partial charge in [0.1, 0.15) is 6.10 Å². The number of carbonyl (C=O) groups is 2. The second-order valence-corrected chi connectivity index (χ2v) is 4.01. The molecule has 0 bridgehead atoms. The van der Waals surface area contributed by atoms with Crippen molar-refractivity contribution in [2.75, 3.05) is 20.6 Å². The maximum atomic E-state index is 11.6. The molecule has 1 heterocycles. The van der Waals surface area contributed by atoms with Crippen LogP contribution in [0.4, 0.5) is 0 Å². The molecular weight excluding hydrogens is 208 g/mol. The quantitative estimate of drug-likeness (QED) is 0.682. The fourth-order valence-corrected chi connectivity index (χ4v) is 1.61. The molecular formula is C11H18N2O3. The fraction of sp³-hybridized carbons (Fsp3) is 0.636. The monoisotopic (exact) mass is 226 g/mol. The summed E-state index contributed by atoms with van der Waals surface area (Å²) >= 11 is 0. The number of hydrogen-bond donors (Lipinski definition) is 1. The summed E-state index contributed by atoms with van der Waals surface area (Å²) in [5.74, 6) is -0.233. The second kappa shape index (κ2) is 5.65. The van der Waals surface area contributed by atoms with E-state index < -0.39 is 0 Å². The van der Waals surface area contributed by atoms with Gasteiger partial charge in [-0.3, -0.25) is 9.59 Å². The number of nitrogens with zero attached hydrogens (tertiary/aromatic N) is 1. The molecule has 5 nitrogen and oxygen atoms in total. The first-order valence-electron chi connectivity index (χ1n) is 5.31. The molecule has 1 aliphatic heterocycles. The normalized spacial score (nSPS) is 23.9. The number of amides is 2. The van der Waals surface area contributed by atoms with Gasteiger partial charge in [-0.15, -0.1) is 0 Å². The van der Waals surface area contributed by atoms with Gasteiger partial charge in [-0.1, -0.05) is 6.58 Å².